The van der Waals surface area contributed by atoms with E-state index in [1.165, 1.54) is 5.56 Å². The molecule has 0 aliphatic heterocycles. The molecule has 0 spiro atoms. The Morgan fingerprint density at radius 1 is 1.07 bits per heavy atom. The van der Waals surface area contributed by atoms with Crippen LogP contribution in [0.5, 0.6) is 5.75 Å². The zero-order valence-corrected chi connectivity index (χ0v) is 17.1. The summed E-state index contributed by atoms with van der Waals surface area (Å²) in [6, 6.07) is 18.5. The van der Waals surface area contributed by atoms with Crippen molar-refractivity contribution in [1.82, 2.24) is 20.2 Å². The molecule has 2 aromatic carbocycles. The second-order valence-corrected chi connectivity index (χ2v) is 6.60. The number of nitrogens with zero attached hydrogens (tertiary/aromatic N) is 3. The van der Waals surface area contributed by atoms with Crippen LogP contribution >= 0.6 is 0 Å². The van der Waals surface area contributed by atoms with Gasteiger partial charge in [-0.1, -0.05) is 48.5 Å². The number of guanidine groups is 1. The molecule has 0 aliphatic carbocycles. The number of benzene rings is 2. The van der Waals surface area contributed by atoms with Crippen molar-refractivity contribution in [2.75, 3.05) is 20.2 Å². The molecule has 0 saturated carbocycles. The van der Waals surface area contributed by atoms with Gasteiger partial charge in [-0.3, -0.25) is 4.99 Å². The van der Waals surface area contributed by atoms with Crippen LogP contribution < -0.4 is 15.4 Å². The van der Waals surface area contributed by atoms with Crippen molar-refractivity contribution in [3.8, 4) is 5.75 Å². The molecule has 6 heteroatoms. The molecule has 29 heavy (non-hydrogen) atoms. The fourth-order valence-corrected chi connectivity index (χ4v) is 3.13. The van der Waals surface area contributed by atoms with E-state index in [0.29, 0.717) is 13.2 Å². The van der Waals surface area contributed by atoms with Crippen molar-refractivity contribution in [2.24, 2.45) is 4.99 Å². The van der Waals surface area contributed by atoms with E-state index in [2.05, 4.69) is 55.5 Å². The molecule has 0 saturated heterocycles. The Balaban J connectivity index is 1.49. The van der Waals surface area contributed by atoms with E-state index in [0.717, 1.165) is 42.6 Å². The van der Waals surface area contributed by atoms with Crippen molar-refractivity contribution in [3.05, 3.63) is 83.9 Å². The Labute approximate surface area is 172 Å². The summed E-state index contributed by atoms with van der Waals surface area (Å²) in [5.74, 6) is 2.72. The minimum absolute atomic E-state index is 0.651. The van der Waals surface area contributed by atoms with Crippen LogP contribution in [0.15, 0.2) is 72.0 Å². The normalized spacial score (nSPS) is 11.3. The van der Waals surface area contributed by atoms with Gasteiger partial charge in [-0.2, -0.15) is 0 Å². The summed E-state index contributed by atoms with van der Waals surface area (Å²) >= 11 is 0. The molecule has 1 aromatic heterocycles. The number of aromatic nitrogens is 2. The topological polar surface area (TPSA) is 63.5 Å². The molecule has 0 amide bonds. The van der Waals surface area contributed by atoms with Gasteiger partial charge in [0.05, 0.1) is 6.61 Å². The monoisotopic (exact) mass is 391 g/mol. The lowest BCUT2D eigenvalue weighted by Gasteiger charge is -2.14. The number of nitrogens with one attached hydrogen (secondary N) is 2. The number of aliphatic imine (C=N–C) groups is 1. The second-order valence-electron chi connectivity index (χ2n) is 6.60. The van der Waals surface area contributed by atoms with Crippen LogP contribution in [0.2, 0.25) is 0 Å². The molecule has 2 N–H and O–H groups in total. The van der Waals surface area contributed by atoms with Gasteiger partial charge in [0.2, 0.25) is 0 Å². The van der Waals surface area contributed by atoms with E-state index in [1.807, 2.05) is 43.6 Å². The van der Waals surface area contributed by atoms with Crippen molar-refractivity contribution in [2.45, 2.75) is 26.4 Å². The third-order valence-corrected chi connectivity index (χ3v) is 4.58. The van der Waals surface area contributed by atoms with Crippen molar-refractivity contribution in [3.63, 3.8) is 0 Å². The Morgan fingerprint density at radius 3 is 2.66 bits per heavy atom. The van der Waals surface area contributed by atoms with Gasteiger partial charge in [0.25, 0.3) is 0 Å². The summed E-state index contributed by atoms with van der Waals surface area (Å²) in [6.07, 6.45) is 4.70. The molecule has 0 atom stereocenters. The van der Waals surface area contributed by atoms with Crippen molar-refractivity contribution < 1.29 is 4.74 Å². The number of para-hydroxylation sites is 1. The second kappa shape index (κ2) is 10.9. The number of ether oxygens (including phenoxy) is 1. The van der Waals surface area contributed by atoms with Crippen LogP contribution in [0.25, 0.3) is 0 Å². The number of hydrogen-bond donors (Lipinski definition) is 2. The van der Waals surface area contributed by atoms with Gasteiger partial charge in [0.15, 0.2) is 5.96 Å². The van der Waals surface area contributed by atoms with Gasteiger partial charge in [0.1, 0.15) is 11.6 Å². The maximum atomic E-state index is 5.68. The summed E-state index contributed by atoms with van der Waals surface area (Å²) < 4.78 is 7.87. The lowest BCUT2D eigenvalue weighted by Crippen LogP contribution is -2.38. The van der Waals surface area contributed by atoms with Crippen LogP contribution in [-0.4, -0.2) is 35.7 Å². The zero-order valence-electron chi connectivity index (χ0n) is 17.1. The summed E-state index contributed by atoms with van der Waals surface area (Å²) in [4.78, 5) is 8.82. The first-order chi connectivity index (χ1) is 14.3. The quantitative estimate of drug-likeness (QED) is 0.434. The van der Waals surface area contributed by atoms with E-state index < -0.39 is 0 Å². The van der Waals surface area contributed by atoms with E-state index in [-0.39, 0.29) is 0 Å². The van der Waals surface area contributed by atoms with E-state index in [9.17, 15) is 0 Å². The highest BCUT2D eigenvalue weighted by atomic mass is 16.5. The van der Waals surface area contributed by atoms with E-state index in [1.54, 1.807) is 7.05 Å². The lowest BCUT2D eigenvalue weighted by atomic mass is 10.2. The first-order valence-electron chi connectivity index (χ1n) is 9.99. The Kier molecular flexibility index (Phi) is 7.69. The Bertz CT molecular complexity index is 904. The third-order valence-electron chi connectivity index (χ3n) is 4.58. The summed E-state index contributed by atoms with van der Waals surface area (Å²) in [5, 5.41) is 6.72. The SMILES string of the molecule is CCOc1ccccc1CNC(=NC)NCCc1nccn1Cc1ccccc1. The standard InChI is InChI=1S/C23H29N5O/c1-3-29-21-12-8-7-11-20(21)17-27-23(24-2)26-14-13-22-25-15-16-28(22)18-19-9-5-4-6-10-19/h4-12,15-16H,3,13-14,17-18H2,1-2H3,(H2,24,26,27). The Hall–Kier alpha value is -3.28. The molecule has 0 unspecified atom stereocenters. The molecule has 152 valence electrons. The molecule has 0 fully saturated rings. The highest BCUT2D eigenvalue weighted by molar-refractivity contribution is 5.79. The maximum absolute atomic E-state index is 5.68. The van der Waals surface area contributed by atoms with Gasteiger partial charge >= 0.3 is 0 Å². The number of hydrogen-bond acceptors (Lipinski definition) is 3. The first kappa shape index (κ1) is 20.5. The highest BCUT2D eigenvalue weighted by Crippen LogP contribution is 2.17. The molecule has 0 aliphatic rings. The molecule has 0 bridgehead atoms. The van der Waals surface area contributed by atoms with Crippen LogP contribution in [0.4, 0.5) is 0 Å². The third kappa shape index (κ3) is 6.10. The van der Waals surface area contributed by atoms with Crippen LogP contribution in [0.1, 0.15) is 23.9 Å². The molecule has 3 aromatic rings. The fraction of sp³-hybridized carbons (Fsp3) is 0.304. The molecule has 1 heterocycles. The summed E-state index contributed by atoms with van der Waals surface area (Å²) in [6.45, 7) is 4.88. The van der Waals surface area contributed by atoms with Gasteiger partial charge < -0.3 is 19.9 Å². The average molecular weight is 392 g/mol. The molecule has 6 nitrogen and oxygen atoms in total. The smallest absolute Gasteiger partial charge is 0.191 e. The predicted octanol–water partition coefficient (Wildman–Crippen LogP) is 3.24. The van der Waals surface area contributed by atoms with Gasteiger partial charge in [-0.25, -0.2) is 4.98 Å². The van der Waals surface area contributed by atoms with E-state index in [4.69, 9.17) is 4.74 Å². The maximum Gasteiger partial charge on any atom is 0.191 e. The largest absolute Gasteiger partial charge is 0.494 e. The van der Waals surface area contributed by atoms with Gasteiger partial charge in [-0.15, -0.1) is 0 Å². The fourth-order valence-electron chi connectivity index (χ4n) is 3.13. The van der Waals surface area contributed by atoms with Crippen molar-refractivity contribution >= 4 is 5.96 Å². The first-order valence-corrected chi connectivity index (χ1v) is 9.99. The molecular formula is C23H29N5O. The Morgan fingerprint density at radius 2 is 1.86 bits per heavy atom. The predicted molar refractivity (Wildman–Crippen MR) is 117 cm³/mol. The highest BCUT2D eigenvalue weighted by Gasteiger charge is 2.06. The average Bonchev–Trinajstić information content (AvgIpc) is 3.19. The number of rotatable bonds is 9. The summed E-state index contributed by atoms with van der Waals surface area (Å²) in [7, 11) is 1.78. The molecule has 0 radical (unpaired) electrons. The zero-order chi connectivity index (χ0) is 20.3. The summed E-state index contributed by atoms with van der Waals surface area (Å²) in [5.41, 5.74) is 2.38. The molecule has 3 rings (SSSR count). The minimum Gasteiger partial charge on any atom is -0.494 e. The van der Waals surface area contributed by atoms with Crippen LogP contribution in [0, 0.1) is 0 Å². The van der Waals surface area contributed by atoms with Crippen molar-refractivity contribution in [1.29, 1.82) is 0 Å². The van der Waals surface area contributed by atoms with Gasteiger partial charge in [0, 0.05) is 51.1 Å². The van der Waals surface area contributed by atoms with Crippen LogP contribution in [-0.2, 0) is 19.5 Å². The van der Waals surface area contributed by atoms with Crippen LogP contribution in [0.3, 0.4) is 0 Å². The molecular weight excluding hydrogens is 362 g/mol. The lowest BCUT2D eigenvalue weighted by molar-refractivity contribution is 0.336. The van der Waals surface area contributed by atoms with Gasteiger partial charge in [-0.05, 0) is 18.6 Å². The van der Waals surface area contributed by atoms with E-state index >= 15 is 0 Å². The number of imidazole rings is 1. The minimum atomic E-state index is 0.651.